The molecule has 0 atom stereocenters. The number of hydrogen-bond acceptors (Lipinski definition) is 5. The summed E-state index contributed by atoms with van der Waals surface area (Å²) in [5.74, 6) is 1.00. The Hall–Kier alpha value is -1.95. The Morgan fingerprint density at radius 3 is 2.53 bits per heavy atom. The Labute approximate surface area is 99.1 Å². The van der Waals surface area contributed by atoms with Gasteiger partial charge in [0, 0.05) is 6.54 Å². The molecule has 17 heavy (non-hydrogen) atoms. The Morgan fingerprint density at radius 2 is 1.94 bits per heavy atom. The van der Waals surface area contributed by atoms with Crippen molar-refractivity contribution < 1.29 is 5.11 Å². The van der Waals surface area contributed by atoms with Crippen LogP contribution in [0.4, 0.5) is 0 Å². The second-order valence-electron chi connectivity index (χ2n) is 4.01. The summed E-state index contributed by atoms with van der Waals surface area (Å²) < 4.78 is 0. The molecule has 6 heteroatoms. The quantitative estimate of drug-likeness (QED) is 0.727. The zero-order valence-corrected chi connectivity index (χ0v) is 9.86. The lowest BCUT2D eigenvalue weighted by Crippen LogP contribution is -2.14. The van der Waals surface area contributed by atoms with Crippen LogP contribution in [0.1, 0.15) is 22.5 Å². The molecule has 1 aromatic carbocycles. The molecule has 1 heterocycles. The number of phenolic OH excluding ortho intramolecular Hbond substituents is 1. The third-order valence-corrected chi connectivity index (χ3v) is 2.55. The SMILES string of the molecule is Cc1cc(CNCc2nn[nH]n2)cc(C)c1O. The van der Waals surface area contributed by atoms with Gasteiger partial charge in [-0.3, -0.25) is 0 Å². The molecule has 1 aromatic heterocycles. The van der Waals surface area contributed by atoms with Crippen molar-refractivity contribution in [3.8, 4) is 5.75 Å². The van der Waals surface area contributed by atoms with Crippen molar-refractivity contribution >= 4 is 0 Å². The molecule has 0 aliphatic rings. The van der Waals surface area contributed by atoms with E-state index in [4.69, 9.17) is 0 Å². The fraction of sp³-hybridized carbons (Fsp3) is 0.364. The first-order valence-electron chi connectivity index (χ1n) is 5.39. The molecule has 0 aliphatic heterocycles. The van der Waals surface area contributed by atoms with Crippen molar-refractivity contribution in [2.45, 2.75) is 26.9 Å². The van der Waals surface area contributed by atoms with Crippen LogP contribution in [0.5, 0.6) is 5.75 Å². The molecule has 0 amide bonds. The van der Waals surface area contributed by atoms with Gasteiger partial charge in [0.05, 0.1) is 6.54 Å². The average molecular weight is 233 g/mol. The van der Waals surface area contributed by atoms with E-state index in [-0.39, 0.29) is 0 Å². The minimum Gasteiger partial charge on any atom is -0.507 e. The van der Waals surface area contributed by atoms with E-state index in [0.29, 0.717) is 24.7 Å². The van der Waals surface area contributed by atoms with Crippen molar-refractivity contribution in [1.82, 2.24) is 25.9 Å². The van der Waals surface area contributed by atoms with Crippen LogP contribution in [0, 0.1) is 13.8 Å². The Morgan fingerprint density at radius 1 is 1.24 bits per heavy atom. The van der Waals surface area contributed by atoms with Crippen LogP contribution in [0.2, 0.25) is 0 Å². The van der Waals surface area contributed by atoms with Gasteiger partial charge in [-0.1, -0.05) is 17.3 Å². The lowest BCUT2D eigenvalue weighted by atomic mass is 10.1. The molecule has 0 saturated carbocycles. The number of aromatic hydroxyl groups is 1. The number of nitrogens with one attached hydrogen (secondary N) is 2. The van der Waals surface area contributed by atoms with E-state index < -0.39 is 0 Å². The molecule has 2 rings (SSSR count). The highest BCUT2D eigenvalue weighted by Crippen LogP contribution is 2.22. The summed E-state index contributed by atoms with van der Waals surface area (Å²) in [6.45, 7) is 5.06. The van der Waals surface area contributed by atoms with Crippen LogP contribution < -0.4 is 5.32 Å². The number of H-pyrrole nitrogens is 1. The molecule has 0 bridgehead atoms. The number of rotatable bonds is 4. The molecular weight excluding hydrogens is 218 g/mol. The minimum atomic E-state index is 0.368. The molecule has 0 radical (unpaired) electrons. The molecule has 0 fully saturated rings. The van der Waals surface area contributed by atoms with Crippen molar-refractivity contribution in [2.24, 2.45) is 0 Å². The molecule has 0 spiro atoms. The monoisotopic (exact) mass is 233 g/mol. The fourth-order valence-corrected chi connectivity index (χ4v) is 1.72. The largest absolute Gasteiger partial charge is 0.507 e. The molecule has 90 valence electrons. The number of benzene rings is 1. The predicted octanol–water partition coefficient (Wildman–Crippen LogP) is 0.812. The topological polar surface area (TPSA) is 86.7 Å². The highest BCUT2D eigenvalue weighted by molar-refractivity contribution is 5.42. The Balaban J connectivity index is 1.95. The fourth-order valence-electron chi connectivity index (χ4n) is 1.72. The summed E-state index contributed by atoms with van der Waals surface area (Å²) in [6.07, 6.45) is 0. The van der Waals surface area contributed by atoms with Gasteiger partial charge in [0.15, 0.2) is 5.82 Å². The number of aryl methyl sites for hydroxylation is 2. The molecule has 0 aliphatic carbocycles. The maximum Gasteiger partial charge on any atom is 0.188 e. The third kappa shape index (κ3) is 2.79. The first-order chi connectivity index (χ1) is 8.16. The van der Waals surface area contributed by atoms with Gasteiger partial charge in [-0.15, -0.1) is 10.2 Å². The molecule has 0 unspecified atom stereocenters. The average Bonchev–Trinajstić information content (AvgIpc) is 2.79. The minimum absolute atomic E-state index is 0.368. The van der Waals surface area contributed by atoms with Crippen molar-refractivity contribution in [2.75, 3.05) is 0 Å². The first kappa shape index (κ1) is 11.5. The molecular formula is C11H15N5O. The highest BCUT2D eigenvalue weighted by Gasteiger charge is 2.03. The lowest BCUT2D eigenvalue weighted by Gasteiger charge is -2.08. The normalized spacial score (nSPS) is 10.7. The zero-order chi connectivity index (χ0) is 12.3. The number of aromatic amines is 1. The second kappa shape index (κ2) is 4.92. The molecule has 0 saturated heterocycles. The Bertz CT molecular complexity index is 472. The summed E-state index contributed by atoms with van der Waals surface area (Å²) in [7, 11) is 0. The van der Waals surface area contributed by atoms with Gasteiger partial charge in [-0.25, -0.2) is 0 Å². The van der Waals surface area contributed by atoms with E-state index in [1.165, 1.54) is 0 Å². The molecule has 6 nitrogen and oxygen atoms in total. The summed E-state index contributed by atoms with van der Waals surface area (Å²) in [6, 6.07) is 3.93. The van der Waals surface area contributed by atoms with Gasteiger partial charge >= 0.3 is 0 Å². The van der Waals surface area contributed by atoms with E-state index >= 15 is 0 Å². The number of tetrazole rings is 1. The summed E-state index contributed by atoms with van der Waals surface area (Å²) >= 11 is 0. The number of aromatic nitrogens is 4. The summed E-state index contributed by atoms with van der Waals surface area (Å²) in [5, 5.41) is 26.4. The Kier molecular flexibility index (Phi) is 3.34. The smallest absolute Gasteiger partial charge is 0.188 e. The van der Waals surface area contributed by atoms with E-state index in [1.807, 2.05) is 26.0 Å². The third-order valence-electron chi connectivity index (χ3n) is 2.55. The van der Waals surface area contributed by atoms with Gasteiger partial charge in [0.25, 0.3) is 0 Å². The van der Waals surface area contributed by atoms with Crippen LogP contribution in [0.3, 0.4) is 0 Å². The second-order valence-corrected chi connectivity index (χ2v) is 4.01. The zero-order valence-electron chi connectivity index (χ0n) is 9.86. The van der Waals surface area contributed by atoms with Gasteiger partial charge in [0.2, 0.25) is 0 Å². The number of phenols is 1. The van der Waals surface area contributed by atoms with Gasteiger partial charge < -0.3 is 10.4 Å². The number of nitrogens with zero attached hydrogens (tertiary/aromatic N) is 3. The van der Waals surface area contributed by atoms with Gasteiger partial charge in [-0.2, -0.15) is 5.21 Å². The van der Waals surface area contributed by atoms with Crippen molar-refractivity contribution in [3.05, 3.63) is 34.6 Å². The first-order valence-corrected chi connectivity index (χ1v) is 5.39. The standard InChI is InChI=1S/C11H15N5O/c1-7-3-9(4-8(2)11(7)17)5-12-6-10-13-15-16-14-10/h3-4,12,17H,5-6H2,1-2H3,(H,13,14,15,16). The van der Waals surface area contributed by atoms with E-state index in [9.17, 15) is 5.11 Å². The molecule has 3 N–H and O–H groups in total. The van der Waals surface area contributed by atoms with E-state index in [2.05, 4.69) is 25.9 Å². The van der Waals surface area contributed by atoms with Crippen LogP contribution in [-0.2, 0) is 13.1 Å². The maximum absolute atomic E-state index is 9.65. The summed E-state index contributed by atoms with van der Waals surface area (Å²) in [4.78, 5) is 0. The van der Waals surface area contributed by atoms with Crippen LogP contribution >= 0.6 is 0 Å². The maximum atomic E-state index is 9.65. The molecule has 2 aromatic rings. The van der Waals surface area contributed by atoms with E-state index in [0.717, 1.165) is 16.7 Å². The number of hydrogen-bond donors (Lipinski definition) is 3. The van der Waals surface area contributed by atoms with Crippen LogP contribution in [0.25, 0.3) is 0 Å². The van der Waals surface area contributed by atoms with Crippen molar-refractivity contribution in [3.63, 3.8) is 0 Å². The predicted molar refractivity (Wildman–Crippen MR) is 62.3 cm³/mol. The van der Waals surface area contributed by atoms with Crippen LogP contribution in [-0.4, -0.2) is 25.7 Å². The lowest BCUT2D eigenvalue weighted by molar-refractivity contribution is 0.466. The van der Waals surface area contributed by atoms with Crippen LogP contribution in [0.15, 0.2) is 12.1 Å². The van der Waals surface area contributed by atoms with Gasteiger partial charge in [-0.05, 0) is 30.5 Å². The van der Waals surface area contributed by atoms with Gasteiger partial charge in [0.1, 0.15) is 5.75 Å². The summed E-state index contributed by atoms with van der Waals surface area (Å²) in [5.41, 5.74) is 2.91. The van der Waals surface area contributed by atoms with Crippen molar-refractivity contribution in [1.29, 1.82) is 0 Å². The highest BCUT2D eigenvalue weighted by atomic mass is 16.3. The van der Waals surface area contributed by atoms with E-state index in [1.54, 1.807) is 0 Å².